The van der Waals surface area contributed by atoms with Crippen molar-refractivity contribution in [1.82, 2.24) is 39.9 Å². The Hall–Kier alpha value is -9.53. The Labute approximate surface area is 597 Å². The minimum absolute atomic E-state index is 0. The fraction of sp³-hybridized carbons (Fsp3) is 0.242. The zero-order valence-corrected chi connectivity index (χ0v) is 56.9. The SMILES string of the molecule is C1=C(Oc2ccnc(-c3cc(OC4CC4)ccn3)c2)C1.O=C(O)c1ccnc(-c2cc(C(=O)O)ccn2)c1.O=C(O)c1ccnc(-c2cc(C(=O)OC3CC4CC(C3)C3CCCC(C3)Oc3ccnc(c3)-c3cc(ccn3)O4)ccn2)c1.[N-]=C=S.[N-]=C=S.[N-]=C=S.[N-]=C=S.[Ru+2].[Ru+2]. The number of ether oxygens (including phenoxy) is 5. The number of allylic oxidation sites excluding steroid dienone is 2. The smallest absolute Gasteiger partial charge is 0.753 e. The summed E-state index contributed by atoms with van der Waals surface area (Å²) in [7, 11) is 0. The molecule has 3 N–H and O–H groups in total. The van der Waals surface area contributed by atoms with Crippen molar-refractivity contribution in [1.29, 1.82) is 0 Å². The summed E-state index contributed by atoms with van der Waals surface area (Å²) < 4.78 is 30.6. The second-order valence-corrected chi connectivity index (χ2v) is 21.4. The van der Waals surface area contributed by atoms with Crippen molar-refractivity contribution < 1.29 is 97.1 Å². The van der Waals surface area contributed by atoms with Crippen molar-refractivity contribution in [3.05, 3.63) is 202 Å². The quantitative estimate of drug-likeness (QED) is 0.0442. The fourth-order valence-electron chi connectivity index (χ4n) is 10.1. The summed E-state index contributed by atoms with van der Waals surface area (Å²) in [6, 6.07) is 26.6. The van der Waals surface area contributed by atoms with Crippen LogP contribution in [0.2, 0.25) is 0 Å². The Kier molecular flexibility index (Phi) is 32.2. The van der Waals surface area contributed by atoms with Crippen LogP contribution in [0.4, 0.5) is 0 Å². The standard InChI is InChI=1S/C34H32N4O6.C16H14N2O2.C12H8N2O4.4CNS.2Ru/c39-33(40)21-4-8-35-29(15-21)30-16-22(5-9-36-30)34(41)44-28-14-23-13-27(17-28)43-26-7-11-38-32(19-26)31-18-25(6-10-37-31)42-24-3-1-2-20(23)12-24;1-2-11(1)19-13-5-7-17-15(9-13)16-10-14(6-8-18-16)20-12-3-4-12;15-11(16)7-1-3-13-9(5-7)10-6-8(12(17)18)2-4-14-10;4*2-1-3;;/h4-11,15-16,18-20,23-24,27-28H,1-3,12-14,17H2,(H,39,40);1,5-10,12H,2-4H2;1-6H,(H,15,16)(H,17,18);;;;;;/q;;;4*-1;2*+2. The van der Waals surface area contributed by atoms with Gasteiger partial charge in [0, 0.05) is 86.7 Å². The summed E-state index contributed by atoms with van der Waals surface area (Å²) in [5, 5.41) is 60.9. The van der Waals surface area contributed by atoms with Crippen LogP contribution in [-0.2, 0) is 43.7 Å². The van der Waals surface area contributed by atoms with Crippen LogP contribution in [0.25, 0.3) is 67.2 Å². The number of esters is 1. The number of pyridine rings is 8. The molecule has 0 amide bonds. The van der Waals surface area contributed by atoms with Gasteiger partial charge in [0.15, 0.2) is 0 Å². The number of nitrogens with zero attached hydrogens (tertiary/aromatic N) is 12. The normalized spacial score (nSPS) is 16.7. The minimum Gasteiger partial charge on any atom is -0.753 e. The molecule has 0 radical (unpaired) electrons. The topological polar surface area (TPSA) is 367 Å². The first-order chi connectivity index (χ1) is 45.6. The first-order valence-electron chi connectivity index (χ1n) is 28.6. The number of carbonyl (C=O) groups is 4. The van der Waals surface area contributed by atoms with Gasteiger partial charge in [-0.1, -0.05) is 48.9 Å². The Morgan fingerprint density at radius 2 is 0.802 bits per heavy atom. The summed E-state index contributed by atoms with van der Waals surface area (Å²) in [5.74, 6) is 1.24. The summed E-state index contributed by atoms with van der Waals surface area (Å²) in [6.07, 6.45) is 24.2. The van der Waals surface area contributed by atoms with Crippen molar-refractivity contribution in [3.8, 4) is 68.5 Å². The number of hydrogen-bond acceptors (Lipinski definition) is 21. The molecule has 13 rings (SSSR count). The number of carboxylic acids is 3. The van der Waals surface area contributed by atoms with E-state index in [4.69, 9.17) is 55.5 Å². The molecule has 4 aliphatic carbocycles. The summed E-state index contributed by atoms with van der Waals surface area (Å²) >= 11 is 14.8. The van der Waals surface area contributed by atoms with Crippen LogP contribution in [0.5, 0.6) is 23.0 Å². The molecule has 0 saturated heterocycles. The maximum atomic E-state index is 13.5. The second kappa shape index (κ2) is 40.0. The van der Waals surface area contributed by atoms with Crippen molar-refractivity contribution in [3.63, 3.8) is 0 Å². The van der Waals surface area contributed by atoms with Gasteiger partial charge in [-0.25, -0.2) is 19.2 Å². The third-order valence-electron chi connectivity index (χ3n) is 14.3. The van der Waals surface area contributed by atoms with E-state index in [1.165, 1.54) is 81.8 Å². The Morgan fingerprint density at radius 1 is 0.438 bits per heavy atom. The molecule has 96 heavy (non-hydrogen) atoms. The van der Waals surface area contributed by atoms with Crippen molar-refractivity contribution in [2.45, 2.75) is 88.6 Å². The van der Waals surface area contributed by atoms with E-state index in [0.29, 0.717) is 64.1 Å². The fourth-order valence-corrected chi connectivity index (χ4v) is 10.1. The van der Waals surface area contributed by atoms with Gasteiger partial charge in [0.25, 0.3) is 0 Å². The minimum atomic E-state index is -1.08. The van der Waals surface area contributed by atoms with Gasteiger partial charge in [-0.2, -0.15) is 20.6 Å². The van der Waals surface area contributed by atoms with Gasteiger partial charge < -0.3 is 60.6 Å². The summed E-state index contributed by atoms with van der Waals surface area (Å²) in [6.45, 7) is 0. The molecule has 3 saturated carbocycles. The number of fused-ring (bicyclic) bond motifs is 10. The molecule has 0 aromatic carbocycles. The third-order valence-corrected chi connectivity index (χ3v) is 14.3. The van der Waals surface area contributed by atoms with Crippen LogP contribution in [0.3, 0.4) is 0 Å². The van der Waals surface area contributed by atoms with Gasteiger partial charge in [0.05, 0.1) is 80.0 Å². The molecule has 8 aromatic rings. The first-order valence-corrected chi connectivity index (χ1v) is 30.2. The summed E-state index contributed by atoms with van der Waals surface area (Å²) in [4.78, 5) is 80.8. The molecule has 24 nitrogen and oxygen atoms in total. The van der Waals surface area contributed by atoms with Crippen LogP contribution in [0, 0.1) is 11.8 Å². The predicted molar refractivity (Wildman–Crippen MR) is 359 cm³/mol. The van der Waals surface area contributed by atoms with Crippen molar-refractivity contribution in [2.75, 3.05) is 0 Å². The Balaban J connectivity index is 0.000000266. The van der Waals surface area contributed by atoms with Crippen molar-refractivity contribution >= 4 is 93.4 Å². The van der Waals surface area contributed by atoms with Crippen LogP contribution in [-0.4, -0.2) is 124 Å². The van der Waals surface area contributed by atoms with E-state index in [1.54, 1.807) is 36.9 Å². The molecule has 8 bridgehead atoms. The van der Waals surface area contributed by atoms with Crippen LogP contribution in [0.15, 0.2) is 158 Å². The van der Waals surface area contributed by atoms with E-state index in [9.17, 15) is 24.3 Å². The number of rotatable bonds is 12. The second-order valence-electron chi connectivity index (χ2n) is 20.7. The van der Waals surface area contributed by atoms with Gasteiger partial charge in [-0.3, -0.25) is 39.9 Å². The molecule has 490 valence electrons. The molecule has 5 atom stereocenters. The number of carboxylic acid groups (broad SMARTS) is 3. The number of aromatic carboxylic acids is 3. The van der Waals surface area contributed by atoms with E-state index in [1.807, 2.05) is 54.6 Å². The van der Waals surface area contributed by atoms with Gasteiger partial charge >= 0.3 is 62.8 Å². The average Bonchev–Trinajstić information content (AvgIpc) is 1.30. The molecule has 3 fully saturated rings. The number of isothiocyanates is 4. The van der Waals surface area contributed by atoms with Crippen LogP contribution in [0.1, 0.15) is 106 Å². The number of thiocarbonyl (C=S) groups is 4. The van der Waals surface area contributed by atoms with Gasteiger partial charge in [0.2, 0.25) is 0 Å². The molecule has 9 heterocycles. The summed E-state index contributed by atoms with van der Waals surface area (Å²) in [5.41, 5.74) is 5.00. The van der Waals surface area contributed by atoms with E-state index in [-0.39, 0.29) is 74.0 Å². The number of aromatic nitrogens is 8. The third kappa shape index (κ3) is 24.7. The van der Waals surface area contributed by atoms with Crippen LogP contribution >= 0.6 is 48.9 Å². The molecular weight excluding hydrogens is 1480 g/mol. The Morgan fingerprint density at radius 3 is 1.24 bits per heavy atom. The van der Waals surface area contributed by atoms with E-state index in [0.717, 1.165) is 97.9 Å². The number of carbonyl (C=O) groups excluding carboxylic acids is 1. The molecule has 1 aliphatic heterocycles. The van der Waals surface area contributed by atoms with Gasteiger partial charge in [-0.05, 0) is 142 Å². The van der Waals surface area contributed by atoms with Gasteiger partial charge in [-0.15, -0.1) is 0 Å². The Bertz CT molecular complexity index is 4070. The maximum absolute atomic E-state index is 13.5. The van der Waals surface area contributed by atoms with E-state index in [2.05, 4.69) is 88.7 Å². The molecule has 8 aromatic heterocycles. The molecular formula is C66H54N12O12Ru2S4. The van der Waals surface area contributed by atoms with E-state index >= 15 is 0 Å². The largest absolute Gasteiger partial charge is 2.00 e. The molecule has 0 spiro atoms. The maximum Gasteiger partial charge on any atom is 2.00 e. The number of hydrogen-bond donors (Lipinski definition) is 3. The average molecular weight is 1540 g/mol. The van der Waals surface area contributed by atoms with E-state index < -0.39 is 23.9 Å². The monoisotopic (exact) mass is 1540 g/mol. The zero-order valence-electron chi connectivity index (χ0n) is 50.2. The molecule has 5 unspecified atom stereocenters. The first kappa shape index (κ1) is 77.2. The molecule has 30 heteroatoms. The predicted octanol–water partition coefficient (Wildman–Crippen LogP) is 13.5. The zero-order chi connectivity index (χ0) is 67.4. The van der Waals surface area contributed by atoms with Crippen LogP contribution < -0.4 is 18.9 Å². The molecule has 5 aliphatic rings. The van der Waals surface area contributed by atoms with Gasteiger partial charge in [0.1, 0.15) is 41.0 Å². The van der Waals surface area contributed by atoms with Crippen molar-refractivity contribution in [2.24, 2.45) is 11.8 Å².